The van der Waals surface area contributed by atoms with Crippen LogP contribution in [0.3, 0.4) is 0 Å². The summed E-state index contributed by atoms with van der Waals surface area (Å²) in [6, 6.07) is 7.85. The van der Waals surface area contributed by atoms with Crippen LogP contribution in [0.2, 0.25) is 0 Å². The van der Waals surface area contributed by atoms with Gasteiger partial charge in [-0.1, -0.05) is 18.6 Å². The number of carbonyl (C=O) groups excluding carboxylic acids is 1. The minimum atomic E-state index is 0.119. The number of rotatable bonds is 6. The predicted octanol–water partition coefficient (Wildman–Crippen LogP) is 2.18. The SMILES string of the molecule is CN(C)C(=O)Cc1ccc(OCCN2CCCCC2)cc1. The Morgan fingerprint density at radius 2 is 1.81 bits per heavy atom. The van der Waals surface area contributed by atoms with E-state index in [2.05, 4.69) is 4.90 Å². The number of hydrogen-bond donors (Lipinski definition) is 0. The molecule has 116 valence electrons. The van der Waals surface area contributed by atoms with Crippen molar-refractivity contribution in [1.29, 1.82) is 0 Å². The Hall–Kier alpha value is -1.55. The van der Waals surface area contributed by atoms with Crippen molar-refractivity contribution in [2.45, 2.75) is 25.7 Å². The zero-order valence-electron chi connectivity index (χ0n) is 13.2. The maximum absolute atomic E-state index is 11.6. The number of carbonyl (C=O) groups is 1. The van der Waals surface area contributed by atoms with Crippen molar-refractivity contribution in [2.24, 2.45) is 0 Å². The molecule has 1 saturated heterocycles. The summed E-state index contributed by atoms with van der Waals surface area (Å²) in [6.45, 7) is 4.14. The van der Waals surface area contributed by atoms with Crippen LogP contribution in [0.5, 0.6) is 5.75 Å². The molecule has 0 N–H and O–H groups in total. The number of ether oxygens (including phenoxy) is 1. The van der Waals surface area contributed by atoms with Crippen LogP contribution in [0, 0.1) is 0 Å². The smallest absolute Gasteiger partial charge is 0.226 e. The number of hydrogen-bond acceptors (Lipinski definition) is 3. The Morgan fingerprint density at radius 1 is 1.14 bits per heavy atom. The summed E-state index contributed by atoms with van der Waals surface area (Å²) in [4.78, 5) is 15.7. The Kier molecular flexibility index (Phi) is 6.05. The van der Waals surface area contributed by atoms with E-state index < -0.39 is 0 Å². The first-order chi connectivity index (χ1) is 10.1. The molecule has 0 spiro atoms. The van der Waals surface area contributed by atoms with Gasteiger partial charge in [0, 0.05) is 20.6 Å². The molecule has 0 saturated carbocycles. The number of piperidine rings is 1. The van der Waals surface area contributed by atoms with Crippen molar-refractivity contribution < 1.29 is 9.53 Å². The molecule has 1 aliphatic heterocycles. The van der Waals surface area contributed by atoms with E-state index in [1.807, 2.05) is 24.3 Å². The summed E-state index contributed by atoms with van der Waals surface area (Å²) in [7, 11) is 3.56. The number of nitrogens with zero attached hydrogens (tertiary/aromatic N) is 2. The lowest BCUT2D eigenvalue weighted by atomic mass is 10.1. The average molecular weight is 290 g/mol. The van der Waals surface area contributed by atoms with Gasteiger partial charge in [0.25, 0.3) is 0 Å². The standard InChI is InChI=1S/C17H26N2O2/c1-18(2)17(20)14-15-6-8-16(9-7-15)21-13-12-19-10-4-3-5-11-19/h6-9H,3-5,10-14H2,1-2H3. The van der Waals surface area contributed by atoms with E-state index >= 15 is 0 Å². The second-order valence-electron chi connectivity index (χ2n) is 5.86. The molecule has 1 heterocycles. The van der Waals surface area contributed by atoms with Crippen molar-refractivity contribution in [1.82, 2.24) is 9.80 Å². The molecule has 1 aromatic carbocycles. The highest BCUT2D eigenvalue weighted by Crippen LogP contribution is 2.14. The molecule has 1 fully saturated rings. The van der Waals surface area contributed by atoms with E-state index in [9.17, 15) is 4.79 Å². The maximum atomic E-state index is 11.6. The average Bonchev–Trinajstić information content (AvgIpc) is 2.50. The Balaban J connectivity index is 1.73. The van der Waals surface area contributed by atoms with Crippen LogP contribution in [0.15, 0.2) is 24.3 Å². The first-order valence-corrected chi connectivity index (χ1v) is 7.79. The minimum Gasteiger partial charge on any atom is -0.492 e. The number of benzene rings is 1. The summed E-state index contributed by atoms with van der Waals surface area (Å²) in [5.74, 6) is 1.00. The fourth-order valence-corrected chi connectivity index (χ4v) is 2.51. The van der Waals surface area contributed by atoms with E-state index in [1.165, 1.54) is 32.4 Å². The zero-order valence-corrected chi connectivity index (χ0v) is 13.2. The molecule has 2 rings (SSSR count). The van der Waals surface area contributed by atoms with Crippen molar-refractivity contribution >= 4 is 5.91 Å². The lowest BCUT2D eigenvalue weighted by Gasteiger charge is -2.26. The molecule has 0 radical (unpaired) electrons. The van der Waals surface area contributed by atoms with Crippen LogP contribution in [-0.2, 0) is 11.2 Å². The van der Waals surface area contributed by atoms with Crippen LogP contribution < -0.4 is 4.74 Å². The van der Waals surface area contributed by atoms with E-state index in [4.69, 9.17) is 4.74 Å². The number of likely N-dealkylation sites (N-methyl/N-ethyl adjacent to an activating group) is 1. The molecule has 0 unspecified atom stereocenters. The van der Waals surface area contributed by atoms with Gasteiger partial charge in [0.15, 0.2) is 0 Å². The van der Waals surface area contributed by atoms with Crippen LogP contribution in [0.25, 0.3) is 0 Å². The molecule has 4 heteroatoms. The molecule has 1 amide bonds. The van der Waals surface area contributed by atoms with E-state index in [0.29, 0.717) is 6.42 Å². The van der Waals surface area contributed by atoms with Crippen molar-refractivity contribution in [3.05, 3.63) is 29.8 Å². The third kappa shape index (κ3) is 5.38. The first kappa shape index (κ1) is 15.8. The lowest BCUT2D eigenvalue weighted by molar-refractivity contribution is -0.127. The molecule has 1 aromatic rings. The quantitative estimate of drug-likeness (QED) is 0.805. The van der Waals surface area contributed by atoms with Crippen LogP contribution in [-0.4, -0.2) is 56.0 Å². The highest BCUT2D eigenvalue weighted by molar-refractivity contribution is 5.78. The third-order valence-electron chi connectivity index (χ3n) is 3.90. The monoisotopic (exact) mass is 290 g/mol. The summed E-state index contributed by atoms with van der Waals surface area (Å²) in [5.41, 5.74) is 1.03. The highest BCUT2D eigenvalue weighted by Gasteiger charge is 2.09. The van der Waals surface area contributed by atoms with Gasteiger partial charge in [-0.05, 0) is 43.6 Å². The largest absolute Gasteiger partial charge is 0.492 e. The highest BCUT2D eigenvalue weighted by atomic mass is 16.5. The fourth-order valence-electron chi connectivity index (χ4n) is 2.51. The topological polar surface area (TPSA) is 32.8 Å². The van der Waals surface area contributed by atoms with Gasteiger partial charge >= 0.3 is 0 Å². The fraction of sp³-hybridized carbons (Fsp3) is 0.588. The van der Waals surface area contributed by atoms with E-state index in [1.54, 1.807) is 19.0 Å². The maximum Gasteiger partial charge on any atom is 0.226 e. The molecule has 4 nitrogen and oxygen atoms in total. The van der Waals surface area contributed by atoms with Crippen LogP contribution in [0.1, 0.15) is 24.8 Å². The predicted molar refractivity (Wildman–Crippen MR) is 84.6 cm³/mol. The molecule has 0 bridgehead atoms. The molecule has 21 heavy (non-hydrogen) atoms. The number of likely N-dealkylation sites (tertiary alicyclic amines) is 1. The van der Waals surface area contributed by atoms with Crippen molar-refractivity contribution in [3.63, 3.8) is 0 Å². The molecule has 0 aromatic heterocycles. The van der Waals surface area contributed by atoms with Crippen LogP contribution in [0.4, 0.5) is 0 Å². The van der Waals surface area contributed by atoms with Gasteiger partial charge in [-0.25, -0.2) is 0 Å². The van der Waals surface area contributed by atoms with Gasteiger partial charge < -0.3 is 9.64 Å². The molecule has 0 atom stereocenters. The van der Waals surface area contributed by atoms with Crippen molar-refractivity contribution in [2.75, 3.05) is 40.3 Å². The minimum absolute atomic E-state index is 0.119. The van der Waals surface area contributed by atoms with Gasteiger partial charge in [-0.2, -0.15) is 0 Å². The second-order valence-corrected chi connectivity index (χ2v) is 5.86. The summed E-state index contributed by atoms with van der Waals surface area (Å²) >= 11 is 0. The van der Waals surface area contributed by atoms with Gasteiger partial charge in [0.1, 0.15) is 12.4 Å². The summed E-state index contributed by atoms with van der Waals surface area (Å²) < 4.78 is 5.78. The Morgan fingerprint density at radius 3 is 2.43 bits per heavy atom. The summed E-state index contributed by atoms with van der Waals surface area (Å²) in [6.07, 6.45) is 4.44. The molecule has 1 aliphatic rings. The lowest BCUT2D eigenvalue weighted by Crippen LogP contribution is -2.33. The van der Waals surface area contributed by atoms with Gasteiger partial charge in [-0.3, -0.25) is 9.69 Å². The van der Waals surface area contributed by atoms with E-state index in [-0.39, 0.29) is 5.91 Å². The Bertz CT molecular complexity index is 437. The third-order valence-corrected chi connectivity index (χ3v) is 3.90. The Labute approximate surface area is 127 Å². The van der Waals surface area contributed by atoms with Gasteiger partial charge in [0.2, 0.25) is 5.91 Å². The van der Waals surface area contributed by atoms with E-state index in [0.717, 1.165) is 24.5 Å². The normalized spacial score (nSPS) is 15.7. The zero-order chi connectivity index (χ0) is 15.1. The molecular formula is C17H26N2O2. The molecular weight excluding hydrogens is 264 g/mol. The van der Waals surface area contributed by atoms with Gasteiger partial charge in [-0.15, -0.1) is 0 Å². The first-order valence-electron chi connectivity index (χ1n) is 7.79. The molecule has 0 aliphatic carbocycles. The van der Waals surface area contributed by atoms with Crippen LogP contribution >= 0.6 is 0 Å². The summed E-state index contributed by atoms with van der Waals surface area (Å²) in [5, 5.41) is 0. The van der Waals surface area contributed by atoms with Gasteiger partial charge in [0.05, 0.1) is 6.42 Å². The number of amides is 1. The van der Waals surface area contributed by atoms with Crippen molar-refractivity contribution in [3.8, 4) is 5.75 Å². The second kappa shape index (κ2) is 8.03.